The Labute approximate surface area is 210 Å². The minimum Gasteiger partial charge on any atom is -0.619 e. The third-order valence-corrected chi connectivity index (χ3v) is 5.69. The van der Waals surface area contributed by atoms with Crippen LogP contribution in [0.4, 0.5) is 4.79 Å². The van der Waals surface area contributed by atoms with E-state index in [1.807, 2.05) is 72.8 Å². The molecule has 0 aliphatic rings. The van der Waals surface area contributed by atoms with Crippen molar-refractivity contribution in [2.75, 3.05) is 6.54 Å². The van der Waals surface area contributed by atoms with Crippen molar-refractivity contribution in [3.05, 3.63) is 131 Å². The lowest BCUT2D eigenvalue weighted by molar-refractivity contribution is -0.613. The summed E-state index contributed by atoms with van der Waals surface area (Å²) in [5.74, 6) is -0.232. The summed E-state index contributed by atoms with van der Waals surface area (Å²) in [5.41, 5.74) is 4.45. The van der Waals surface area contributed by atoms with Crippen LogP contribution in [0.2, 0.25) is 0 Å². The number of hydrogen-bond donors (Lipinski definition) is 2. The molecule has 0 unspecified atom stereocenters. The fourth-order valence-corrected chi connectivity index (χ4v) is 3.85. The molecule has 3 aromatic carbocycles. The van der Waals surface area contributed by atoms with E-state index in [0.29, 0.717) is 24.2 Å². The fraction of sp³-hybridized carbons (Fsp3) is 0.138. The first kappa shape index (κ1) is 24.5. The average molecular weight is 482 g/mol. The summed E-state index contributed by atoms with van der Waals surface area (Å²) in [7, 11) is 0. The van der Waals surface area contributed by atoms with Crippen molar-refractivity contribution >= 4 is 12.0 Å². The molecular weight excluding hydrogens is 454 g/mol. The first-order valence-corrected chi connectivity index (χ1v) is 11.7. The largest absolute Gasteiger partial charge is 0.619 e. The number of alkyl carbamates (subject to hydrolysis) is 1. The van der Waals surface area contributed by atoms with Crippen LogP contribution in [0.3, 0.4) is 0 Å². The highest BCUT2D eigenvalue weighted by molar-refractivity contribution is 6.01. The van der Waals surface area contributed by atoms with Gasteiger partial charge in [-0.2, -0.15) is 4.73 Å². The molecular formula is C29H27N3O4. The van der Waals surface area contributed by atoms with E-state index in [1.165, 1.54) is 6.20 Å². The van der Waals surface area contributed by atoms with E-state index in [9.17, 15) is 14.8 Å². The second kappa shape index (κ2) is 12.2. The maximum Gasteiger partial charge on any atom is 0.407 e. The van der Waals surface area contributed by atoms with Crippen molar-refractivity contribution in [1.82, 2.24) is 10.6 Å². The molecule has 182 valence electrons. The highest BCUT2D eigenvalue weighted by atomic mass is 16.5. The smallest absolute Gasteiger partial charge is 0.407 e. The number of carbonyl (C=O) groups excluding carboxylic acids is 2. The van der Waals surface area contributed by atoms with Gasteiger partial charge in [-0.1, -0.05) is 78.9 Å². The van der Waals surface area contributed by atoms with Gasteiger partial charge in [0.15, 0.2) is 11.9 Å². The third kappa shape index (κ3) is 6.48. The molecule has 0 radical (unpaired) electrons. The Balaban J connectivity index is 1.41. The maximum absolute atomic E-state index is 13.0. The molecule has 1 heterocycles. The van der Waals surface area contributed by atoms with Crippen molar-refractivity contribution in [2.45, 2.75) is 19.6 Å². The molecule has 2 N–H and O–H groups in total. The van der Waals surface area contributed by atoms with Crippen LogP contribution in [0.5, 0.6) is 0 Å². The number of ether oxygens (including phenoxy) is 1. The molecule has 0 fully saturated rings. The van der Waals surface area contributed by atoms with Gasteiger partial charge in [-0.15, -0.1) is 0 Å². The van der Waals surface area contributed by atoms with Gasteiger partial charge in [0.05, 0.1) is 6.42 Å². The number of benzene rings is 3. The van der Waals surface area contributed by atoms with Gasteiger partial charge in [0.1, 0.15) is 6.61 Å². The molecule has 0 saturated carbocycles. The van der Waals surface area contributed by atoms with Gasteiger partial charge in [-0.25, -0.2) is 4.79 Å². The zero-order valence-corrected chi connectivity index (χ0v) is 19.7. The van der Waals surface area contributed by atoms with Crippen LogP contribution in [0, 0.1) is 5.21 Å². The lowest BCUT2D eigenvalue weighted by atomic mass is 9.95. The van der Waals surface area contributed by atoms with E-state index >= 15 is 0 Å². The van der Waals surface area contributed by atoms with Crippen LogP contribution in [0.1, 0.15) is 27.2 Å². The van der Waals surface area contributed by atoms with Gasteiger partial charge < -0.3 is 20.6 Å². The Hall–Kier alpha value is -4.65. The topological polar surface area (TPSA) is 94.4 Å². The average Bonchev–Trinajstić information content (AvgIpc) is 2.92. The molecule has 0 saturated heterocycles. The normalized spacial score (nSPS) is 10.4. The summed E-state index contributed by atoms with van der Waals surface area (Å²) < 4.78 is 6.11. The number of rotatable bonds is 9. The fourth-order valence-electron chi connectivity index (χ4n) is 3.85. The standard InChI is InChI=1S/C29H27N3O4/c33-28(30-18-17-24-13-8-9-19-32(24)35)27-16-7-6-15-26(27)25-14-5-4-12-23(25)20-31-29(34)36-21-22-10-2-1-3-11-22/h1-16,19H,17-18,20-21H2,(H,30,33)(H,31,34). The highest BCUT2D eigenvalue weighted by Gasteiger charge is 2.16. The van der Waals surface area contributed by atoms with Crippen LogP contribution in [-0.4, -0.2) is 18.5 Å². The Morgan fingerprint density at radius 2 is 1.47 bits per heavy atom. The van der Waals surface area contributed by atoms with E-state index in [2.05, 4.69) is 10.6 Å². The van der Waals surface area contributed by atoms with E-state index in [0.717, 1.165) is 27.0 Å². The second-order valence-corrected chi connectivity index (χ2v) is 8.14. The van der Waals surface area contributed by atoms with Crippen molar-refractivity contribution in [2.24, 2.45) is 0 Å². The predicted octanol–water partition coefficient (Wildman–Crippen LogP) is 4.39. The first-order chi connectivity index (χ1) is 17.6. The van der Waals surface area contributed by atoms with Crippen LogP contribution in [0.25, 0.3) is 11.1 Å². The number of pyridine rings is 1. The molecule has 7 nitrogen and oxygen atoms in total. The quantitative estimate of drug-likeness (QED) is 0.274. The minimum absolute atomic E-state index is 0.187. The number of hydrogen-bond acceptors (Lipinski definition) is 4. The summed E-state index contributed by atoms with van der Waals surface area (Å²) in [4.78, 5) is 25.3. The van der Waals surface area contributed by atoms with Crippen LogP contribution in [0.15, 0.2) is 103 Å². The molecule has 0 spiro atoms. The monoisotopic (exact) mass is 481 g/mol. The number of amides is 2. The molecule has 0 aliphatic carbocycles. The van der Waals surface area contributed by atoms with Gasteiger partial charge in [0.2, 0.25) is 0 Å². The lowest BCUT2D eigenvalue weighted by Gasteiger charge is -2.15. The van der Waals surface area contributed by atoms with E-state index in [4.69, 9.17) is 4.74 Å². The summed E-state index contributed by atoms with van der Waals surface area (Å²) in [6, 6.07) is 29.6. The molecule has 4 rings (SSSR count). The third-order valence-electron chi connectivity index (χ3n) is 5.69. The molecule has 4 aromatic rings. The Morgan fingerprint density at radius 3 is 2.28 bits per heavy atom. The molecule has 7 heteroatoms. The molecule has 2 amide bonds. The van der Waals surface area contributed by atoms with Crippen LogP contribution < -0.4 is 15.4 Å². The van der Waals surface area contributed by atoms with Gasteiger partial charge in [0, 0.05) is 30.8 Å². The Kier molecular flexibility index (Phi) is 8.27. The summed E-state index contributed by atoms with van der Waals surface area (Å²) in [5, 5.41) is 17.5. The first-order valence-electron chi connectivity index (χ1n) is 11.7. The number of aromatic nitrogens is 1. The minimum atomic E-state index is -0.517. The number of nitrogens with zero attached hydrogens (tertiary/aromatic N) is 1. The van der Waals surface area contributed by atoms with Crippen molar-refractivity contribution in [3.8, 4) is 11.1 Å². The van der Waals surface area contributed by atoms with Gasteiger partial charge in [-0.3, -0.25) is 4.79 Å². The molecule has 0 bridgehead atoms. The summed E-state index contributed by atoms with van der Waals surface area (Å²) in [6.45, 7) is 0.764. The van der Waals surface area contributed by atoms with E-state index in [-0.39, 0.29) is 19.1 Å². The SMILES string of the molecule is O=C(NCc1ccccc1-c1ccccc1C(=O)NCCc1cccc[n+]1[O-])OCc1ccccc1. The maximum atomic E-state index is 13.0. The van der Waals surface area contributed by atoms with Crippen molar-refractivity contribution in [3.63, 3.8) is 0 Å². The zero-order chi connectivity index (χ0) is 25.2. The molecule has 0 atom stereocenters. The van der Waals surface area contributed by atoms with Gasteiger partial charge >= 0.3 is 6.09 Å². The van der Waals surface area contributed by atoms with Crippen molar-refractivity contribution in [1.29, 1.82) is 0 Å². The highest BCUT2D eigenvalue weighted by Crippen LogP contribution is 2.27. The Morgan fingerprint density at radius 1 is 0.778 bits per heavy atom. The molecule has 0 aliphatic heterocycles. The van der Waals surface area contributed by atoms with Crippen molar-refractivity contribution < 1.29 is 19.1 Å². The van der Waals surface area contributed by atoms with Gasteiger partial charge in [0.25, 0.3) is 5.91 Å². The van der Waals surface area contributed by atoms with E-state index < -0.39 is 6.09 Å². The van der Waals surface area contributed by atoms with E-state index in [1.54, 1.807) is 24.3 Å². The molecule has 1 aromatic heterocycles. The summed E-state index contributed by atoms with van der Waals surface area (Å²) >= 11 is 0. The van der Waals surface area contributed by atoms with Crippen LogP contribution in [-0.2, 0) is 24.3 Å². The predicted molar refractivity (Wildman–Crippen MR) is 137 cm³/mol. The Bertz CT molecular complexity index is 1320. The molecule has 36 heavy (non-hydrogen) atoms. The van der Waals surface area contributed by atoms with Crippen LogP contribution >= 0.6 is 0 Å². The lowest BCUT2D eigenvalue weighted by Crippen LogP contribution is -2.34. The van der Waals surface area contributed by atoms with Gasteiger partial charge in [-0.05, 0) is 28.3 Å². The zero-order valence-electron chi connectivity index (χ0n) is 19.7. The second-order valence-electron chi connectivity index (χ2n) is 8.14. The summed E-state index contributed by atoms with van der Waals surface area (Å²) in [6.07, 6.45) is 1.34. The number of nitrogens with one attached hydrogen (secondary N) is 2. The number of carbonyl (C=O) groups is 2.